The molecule has 4 aliphatic rings. The molecule has 1 unspecified atom stereocenters. The Morgan fingerprint density at radius 3 is 2.73 bits per heavy atom. The largest absolute Gasteiger partial charge is 0.457 e. The molecule has 2 aliphatic carbocycles. The molecule has 202 valence electrons. The Morgan fingerprint density at radius 2 is 2.08 bits per heavy atom. The number of aliphatic hydroxyl groups excluding tert-OH is 2. The highest BCUT2D eigenvalue weighted by atomic mass is 32.1. The number of nitrogens with zero attached hydrogens (tertiary/aromatic N) is 1. The number of hydrogen-bond acceptors (Lipinski definition) is 10. The van der Waals surface area contributed by atoms with Crippen LogP contribution >= 0.6 is 11.3 Å². The van der Waals surface area contributed by atoms with E-state index in [2.05, 4.69) is 4.98 Å². The molecule has 12 atom stereocenters. The Balaban J connectivity index is 1.58. The fourth-order valence-corrected chi connectivity index (χ4v) is 7.52. The van der Waals surface area contributed by atoms with E-state index < -0.39 is 54.2 Å². The third kappa shape index (κ3) is 4.17. The van der Waals surface area contributed by atoms with Crippen molar-refractivity contribution in [3.05, 3.63) is 40.4 Å². The van der Waals surface area contributed by atoms with Crippen molar-refractivity contribution in [2.45, 2.75) is 76.3 Å². The molecule has 2 N–H and O–H groups in total. The molecule has 1 saturated carbocycles. The zero-order valence-corrected chi connectivity index (χ0v) is 22.5. The zero-order valence-electron chi connectivity index (χ0n) is 21.6. The van der Waals surface area contributed by atoms with Gasteiger partial charge in [0.1, 0.15) is 23.9 Å². The summed E-state index contributed by atoms with van der Waals surface area (Å²) in [7, 11) is 1.46. The van der Waals surface area contributed by atoms with E-state index in [1.54, 1.807) is 17.8 Å². The van der Waals surface area contributed by atoms with Crippen LogP contribution in [0, 0.1) is 29.6 Å². The van der Waals surface area contributed by atoms with E-state index >= 15 is 0 Å². The van der Waals surface area contributed by atoms with E-state index in [1.165, 1.54) is 18.4 Å². The molecule has 1 spiro atoms. The number of esters is 2. The van der Waals surface area contributed by atoms with E-state index in [4.69, 9.17) is 18.9 Å². The van der Waals surface area contributed by atoms with Crippen molar-refractivity contribution in [3.8, 4) is 0 Å². The Kier molecular flexibility index (Phi) is 7.08. The lowest BCUT2D eigenvalue weighted by atomic mass is 9.57. The topological polar surface area (TPSA) is 124 Å². The monoisotopic (exact) mass is 533 g/mol. The predicted octanol–water partition coefficient (Wildman–Crippen LogP) is 2.53. The van der Waals surface area contributed by atoms with Gasteiger partial charge in [0.05, 0.1) is 17.7 Å². The summed E-state index contributed by atoms with van der Waals surface area (Å²) in [6.07, 6.45) is 1.81. The van der Waals surface area contributed by atoms with Crippen LogP contribution in [0.25, 0.3) is 0 Å². The minimum atomic E-state index is -0.939. The van der Waals surface area contributed by atoms with Crippen LogP contribution in [0.2, 0.25) is 0 Å². The van der Waals surface area contributed by atoms with Crippen LogP contribution in [0.5, 0.6) is 0 Å². The number of rotatable bonds is 4. The first-order valence-electron chi connectivity index (χ1n) is 12.8. The lowest BCUT2D eigenvalue weighted by Gasteiger charge is -2.48. The maximum atomic E-state index is 13.1. The molecule has 9 nitrogen and oxygen atoms in total. The van der Waals surface area contributed by atoms with E-state index in [-0.39, 0.29) is 41.7 Å². The summed E-state index contributed by atoms with van der Waals surface area (Å²) in [5.41, 5.74) is 1.76. The highest BCUT2D eigenvalue weighted by Crippen LogP contribution is 2.61. The van der Waals surface area contributed by atoms with Crippen molar-refractivity contribution < 1.29 is 38.7 Å². The quantitative estimate of drug-likeness (QED) is 0.444. The third-order valence-electron chi connectivity index (χ3n) is 8.76. The number of methoxy groups -OCH3 is 1. The molecule has 10 heteroatoms. The van der Waals surface area contributed by atoms with Gasteiger partial charge in [0.15, 0.2) is 11.8 Å². The molecule has 4 bridgehead atoms. The average molecular weight is 534 g/mol. The number of aliphatic hydroxyl groups is 2. The van der Waals surface area contributed by atoms with Crippen molar-refractivity contribution in [1.82, 2.24) is 4.98 Å². The molecule has 2 fully saturated rings. The molecule has 0 radical (unpaired) electrons. The number of carbonyl (C=O) groups excluding carboxylic acids is 2. The molecular formula is C27H35NO8S. The second kappa shape index (κ2) is 9.89. The third-order valence-corrected chi connectivity index (χ3v) is 9.35. The molecular weight excluding hydrogens is 498 g/mol. The first kappa shape index (κ1) is 26.5. The number of carbonyl (C=O) groups is 2. The Hall–Kier alpha value is -2.11. The van der Waals surface area contributed by atoms with Gasteiger partial charge >= 0.3 is 11.9 Å². The highest BCUT2D eigenvalue weighted by Gasteiger charge is 2.69. The standard InChI is InChI=1S/C27H35NO8S/c1-12-8-13(2)27-16(9-19(33-5)26(32)34-22(12)15(4)29)6-7-17-20(27)21(30)14(3)23(24(17)36-27)35-25(31)18-10-37-11-28-18/h6-8,10-12,14-17,19-24,29-30H,9H2,1-5H3/b13-8+/t12-,14-,15-,16-,17-,19+,20+,21?,22+,23-,24-,27+/m1/s1. The fourth-order valence-electron chi connectivity index (χ4n) is 7.00. The molecule has 1 aromatic heterocycles. The summed E-state index contributed by atoms with van der Waals surface area (Å²) in [5.74, 6) is -2.57. The fraction of sp³-hybridized carbons (Fsp3) is 0.667. The summed E-state index contributed by atoms with van der Waals surface area (Å²) in [6, 6.07) is 0. The number of thiazole rings is 1. The van der Waals surface area contributed by atoms with Crippen molar-refractivity contribution in [3.63, 3.8) is 0 Å². The molecule has 0 aromatic carbocycles. The molecule has 2 aliphatic heterocycles. The summed E-state index contributed by atoms with van der Waals surface area (Å²) in [4.78, 5) is 30.0. The first-order chi connectivity index (χ1) is 17.6. The van der Waals surface area contributed by atoms with Gasteiger partial charge in [-0.1, -0.05) is 32.1 Å². The van der Waals surface area contributed by atoms with Crippen molar-refractivity contribution >= 4 is 23.3 Å². The van der Waals surface area contributed by atoms with Gasteiger partial charge in [-0.25, -0.2) is 14.6 Å². The summed E-state index contributed by atoms with van der Waals surface area (Å²) < 4.78 is 24.1. The van der Waals surface area contributed by atoms with E-state index in [0.29, 0.717) is 0 Å². The van der Waals surface area contributed by atoms with E-state index in [9.17, 15) is 19.8 Å². The van der Waals surface area contributed by atoms with Gasteiger partial charge in [-0.05, 0) is 25.8 Å². The van der Waals surface area contributed by atoms with Crippen molar-refractivity contribution in [1.29, 1.82) is 0 Å². The van der Waals surface area contributed by atoms with Crippen LogP contribution in [0.4, 0.5) is 0 Å². The summed E-state index contributed by atoms with van der Waals surface area (Å²) in [6.45, 7) is 7.33. The van der Waals surface area contributed by atoms with Crippen LogP contribution in [0.1, 0.15) is 44.6 Å². The smallest absolute Gasteiger partial charge is 0.358 e. The Labute approximate surface area is 220 Å². The van der Waals surface area contributed by atoms with E-state index in [0.717, 1.165) is 5.57 Å². The molecule has 3 heterocycles. The van der Waals surface area contributed by atoms with Crippen molar-refractivity contribution in [2.24, 2.45) is 29.6 Å². The Morgan fingerprint density at radius 1 is 1.32 bits per heavy atom. The minimum Gasteiger partial charge on any atom is -0.457 e. The lowest BCUT2D eigenvalue weighted by molar-refractivity contribution is -0.172. The van der Waals surface area contributed by atoms with Crippen LogP contribution in [-0.4, -0.2) is 76.5 Å². The molecule has 37 heavy (non-hydrogen) atoms. The molecule has 1 saturated heterocycles. The molecule has 0 amide bonds. The number of cyclic esters (lactones) is 1. The zero-order chi connectivity index (χ0) is 26.6. The highest BCUT2D eigenvalue weighted by molar-refractivity contribution is 7.07. The average Bonchev–Trinajstić information content (AvgIpc) is 3.46. The van der Waals surface area contributed by atoms with Crippen LogP contribution in [0.15, 0.2) is 34.7 Å². The molecule has 1 aromatic rings. The second-order valence-electron chi connectivity index (χ2n) is 10.9. The SMILES string of the molecule is CO[C@H]1C[C@H]2C=C[C@H]3[C@H]4O[C@]2(/C(C)=C/[C@@H](C)[C@@H]([C@@H](C)O)OC1=O)[C@@H]3C(O)[C@@H](C)[C@H]4OC(=O)c1cscn1. The van der Waals surface area contributed by atoms with Gasteiger partial charge in [-0.15, -0.1) is 11.3 Å². The summed E-state index contributed by atoms with van der Waals surface area (Å²) >= 11 is 1.31. The number of ether oxygens (including phenoxy) is 4. The number of aromatic nitrogens is 1. The maximum absolute atomic E-state index is 13.1. The van der Waals surface area contributed by atoms with Gasteiger partial charge in [-0.3, -0.25) is 0 Å². The van der Waals surface area contributed by atoms with Gasteiger partial charge in [0.25, 0.3) is 0 Å². The summed E-state index contributed by atoms with van der Waals surface area (Å²) in [5, 5.41) is 23.7. The van der Waals surface area contributed by atoms with Gasteiger partial charge < -0.3 is 29.2 Å². The van der Waals surface area contributed by atoms with E-state index in [1.807, 2.05) is 39.0 Å². The predicted molar refractivity (Wildman–Crippen MR) is 134 cm³/mol. The first-order valence-corrected chi connectivity index (χ1v) is 13.8. The van der Waals surface area contributed by atoms with Gasteiger partial charge in [0.2, 0.25) is 0 Å². The Bertz CT molecular complexity index is 1090. The van der Waals surface area contributed by atoms with Gasteiger partial charge in [0, 0.05) is 42.1 Å². The van der Waals surface area contributed by atoms with Crippen LogP contribution in [-0.2, 0) is 23.7 Å². The van der Waals surface area contributed by atoms with Crippen LogP contribution in [0.3, 0.4) is 0 Å². The van der Waals surface area contributed by atoms with Crippen molar-refractivity contribution in [2.75, 3.05) is 7.11 Å². The maximum Gasteiger partial charge on any atom is 0.358 e. The van der Waals surface area contributed by atoms with Gasteiger partial charge in [-0.2, -0.15) is 0 Å². The normalized spacial score (nSPS) is 45.3. The number of hydrogen-bond donors (Lipinski definition) is 2. The minimum absolute atomic E-state index is 0.183. The molecule has 5 rings (SSSR count). The van der Waals surface area contributed by atoms with Crippen LogP contribution < -0.4 is 0 Å². The lowest BCUT2D eigenvalue weighted by Crippen LogP contribution is -2.57. The second-order valence-corrected chi connectivity index (χ2v) is 11.6.